The molecule has 0 bridgehead atoms. The molecule has 0 unspecified atom stereocenters. The molecule has 0 N–H and O–H groups in total. The maximum absolute atomic E-state index is 3.54. The monoisotopic (exact) mass is 136 g/mol. The first kappa shape index (κ1) is 5.17. The molecule has 0 saturated heterocycles. The molecule has 0 aliphatic carbocycles. The molecule has 0 aromatic heterocycles. The van der Waals surface area contributed by atoms with E-state index in [1.54, 1.807) is 0 Å². The fraction of sp³-hybridized carbons (Fsp3) is 0. The van der Waals surface area contributed by atoms with E-state index in [2.05, 4.69) is 31.7 Å². The van der Waals surface area contributed by atoms with E-state index in [0.29, 0.717) is 0 Å². The van der Waals surface area contributed by atoms with Gasteiger partial charge in [0.15, 0.2) is 0 Å². The summed E-state index contributed by atoms with van der Waals surface area (Å²) in [7, 11) is 0. The van der Waals surface area contributed by atoms with Crippen molar-refractivity contribution in [2.45, 2.75) is 0 Å². The second-order valence-corrected chi connectivity index (χ2v) is 1.46. The SMILES string of the molecule is [Fe][BH][BH][Fe]. The first-order chi connectivity index (χ1) is 1.91. The van der Waals surface area contributed by atoms with Crippen molar-refractivity contribution >= 4 is 12.0 Å². The first-order valence-corrected chi connectivity index (χ1v) is 2.56. The normalized spacial score (nSPS) is 5.50. The van der Waals surface area contributed by atoms with E-state index in [1.165, 1.54) is 0 Å². The minimum atomic E-state index is 0.958. The Balaban J connectivity index is 1.97. The van der Waals surface area contributed by atoms with Gasteiger partial charge in [-0.3, -0.25) is 0 Å². The van der Waals surface area contributed by atoms with E-state index < -0.39 is 0 Å². The summed E-state index contributed by atoms with van der Waals surface area (Å²) in [5.74, 6) is 1.92. The summed E-state index contributed by atoms with van der Waals surface area (Å²) in [4.78, 5) is 0. The third kappa shape index (κ3) is 3.17. The molecular weight excluding hydrogens is 133 g/mol. The fourth-order valence-corrected chi connectivity index (χ4v) is 0. The molecule has 4 heavy (non-hydrogen) atoms. The zero-order valence-corrected chi connectivity index (χ0v) is 4.33. The van der Waals surface area contributed by atoms with E-state index >= 15 is 0 Å². The zero-order valence-electron chi connectivity index (χ0n) is 2.12. The van der Waals surface area contributed by atoms with Crippen molar-refractivity contribution < 1.29 is 31.7 Å². The van der Waals surface area contributed by atoms with Crippen LogP contribution in [0.3, 0.4) is 0 Å². The van der Waals surface area contributed by atoms with Gasteiger partial charge in [0, 0.05) is 0 Å². The van der Waals surface area contributed by atoms with Gasteiger partial charge in [0.1, 0.15) is 0 Å². The Morgan fingerprint density at radius 2 is 1.25 bits per heavy atom. The number of hydrogen-bond acceptors (Lipinski definition) is 0. The quantitative estimate of drug-likeness (QED) is 0.392. The van der Waals surface area contributed by atoms with E-state index in [-0.39, 0.29) is 0 Å². The Labute approximate surface area is 43.9 Å². The molecule has 24 valence electrons. The van der Waals surface area contributed by atoms with E-state index in [9.17, 15) is 0 Å². The molecule has 0 amide bonds. The molecule has 0 nitrogen and oxygen atoms in total. The molecule has 0 spiro atoms. The predicted molar refractivity (Wildman–Crippen MR) is 14.3 cm³/mol. The van der Waals surface area contributed by atoms with Gasteiger partial charge in [-0.05, 0) is 0 Å². The van der Waals surface area contributed by atoms with Crippen LogP contribution in [0.25, 0.3) is 0 Å². The average molecular weight is 135 g/mol. The van der Waals surface area contributed by atoms with Gasteiger partial charge in [0.25, 0.3) is 0 Å². The summed E-state index contributed by atoms with van der Waals surface area (Å²) in [5, 5.41) is 0. The van der Waals surface area contributed by atoms with E-state index in [4.69, 9.17) is 0 Å². The molecule has 0 saturated carbocycles. The Morgan fingerprint density at radius 1 is 1.00 bits per heavy atom. The molecule has 0 aliphatic heterocycles. The minimum absolute atomic E-state index is 0.958. The van der Waals surface area contributed by atoms with Crippen LogP contribution in [0, 0.1) is 0 Å². The van der Waals surface area contributed by atoms with Crippen LogP contribution in [-0.4, -0.2) is 12.0 Å². The third-order valence-electron chi connectivity index (χ3n) is 0.0625. The van der Waals surface area contributed by atoms with E-state index in [1.807, 2.05) is 0 Å². The van der Waals surface area contributed by atoms with Gasteiger partial charge in [0.2, 0.25) is 0 Å². The van der Waals surface area contributed by atoms with Gasteiger partial charge in [-0.1, -0.05) is 0 Å². The van der Waals surface area contributed by atoms with Crippen LogP contribution in [0.15, 0.2) is 0 Å². The number of hydrogen-bond donors (Lipinski definition) is 0. The molecule has 0 atom stereocenters. The van der Waals surface area contributed by atoms with Crippen LogP contribution in [0.4, 0.5) is 0 Å². The molecule has 0 fully saturated rings. The van der Waals surface area contributed by atoms with Gasteiger partial charge in [-0.15, -0.1) is 0 Å². The summed E-state index contributed by atoms with van der Waals surface area (Å²) in [6.45, 7) is 0. The molecule has 0 aromatic carbocycles. The molecular formula is H2B2Fe2. The molecule has 0 aliphatic rings. The zero-order chi connectivity index (χ0) is 3.41. The van der Waals surface area contributed by atoms with Crippen LogP contribution >= 0.6 is 0 Å². The third-order valence-corrected chi connectivity index (χ3v) is 1.06. The second kappa shape index (κ2) is 4.17. The standard InChI is InChI=1S/B2H2.2Fe/c1-2;;/h1-2H;;/q+2;2*-1. The molecule has 0 radical (unpaired) electrons. The average Bonchev–Trinajstić information content (AvgIpc) is 1.37. The fourth-order valence-electron chi connectivity index (χ4n) is 0. The molecule has 0 aromatic rings. The summed E-state index contributed by atoms with van der Waals surface area (Å²) in [6, 6.07) is 0. The van der Waals surface area contributed by atoms with Crippen molar-refractivity contribution in [2.24, 2.45) is 0 Å². The Hall–Kier alpha value is 1.17. The van der Waals surface area contributed by atoms with Crippen molar-refractivity contribution in [3.8, 4) is 0 Å². The maximum atomic E-state index is 3.54. The van der Waals surface area contributed by atoms with Gasteiger partial charge < -0.3 is 0 Å². The van der Waals surface area contributed by atoms with Crippen LogP contribution in [0.1, 0.15) is 0 Å². The molecule has 4 heteroatoms. The second-order valence-electron chi connectivity index (χ2n) is 0.354. The van der Waals surface area contributed by atoms with Crippen molar-refractivity contribution in [3.05, 3.63) is 0 Å². The van der Waals surface area contributed by atoms with Crippen molar-refractivity contribution in [3.63, 3.8) is 0 Å². The van der Waals surface area contributed by atoms with Gasteiger partial charge in [-0.2, -0.15) is 0 Å². The molecule has 0 rings (SSSR count). The van der Waals surface area contributed by atoms with Crippen LogP contribution in [0.5, 0.6) is 0 Å². The summed E-state index contributed by atoms with van der Waals surface area (Å²) in [6.07, 6.45) is 0. The van der Waals surface area contributed by atoms with Gasteiger partial charge in [0.05, 0.1) is 0 Å². The Morgan fingerprint density at radius 3 is 1.25 bits per heavy atom. The predicted octanol–water partition coefficient (Wildman–Crippen LogP) is -1.30. The first-order valence-electron chi connectivity index (χ1n) is 1.000. The van der Waals surface area contributed by atoms with Gasteiger partial charge in [-0.25, -0.2) is 0 Å². The Kier molecular flexibility index (Phi) is 5.39. The van der Waals surface area contributed by atoms with Crippen LogP contribution in [0.2, 0.25) is 0 Å². The summed E-state index contributed by atoms with van der Waals surface area (Å²) < 4.78 is 0. The number of rotatable bonds is 1. The summed E-state index contributed by atoms with van der Waals surface area (Å²) in [5.41, 5.74) is 0. The van der Waals surface area contributed by atoms with E-state index in [0.717, 1.165) is 12.0 Å². The molecule has 0 heterocycles. The topological polar surface area (TPSA) is 0 Å². The summed E-state index contributed by atoms with van der Waals surface area (Å²) >= 11 is 7.08. The van der Waals surface area contributed by atoms with Crippen LogP contribution in [-0.2, 0) is 31.7 Å². The van der Waals surface area contributed by atoms with Gasteiger partial charge >= 0.3 is 43.6 Å². The van der Waals surface area contributed by atoms with Crippen molar-refractivity contribution in [1.82, 2.24) is 0 Å². The van der Waals surface area contributed by atoms with Crippen molar-refractivity contribution in [1.29, 1.82) is 0 Å². The van der Waals surface area contributed by atoms with Crippen LogP contribution < -0.4 is 0 Å². The van der Waals surface area contributed by atoms with Crippen molar-refractivity contribution in [2.75, 3.05) is 0 Å². The Bertz CT molecular complexity index is 6.00.